The lowest BCUT2D eigenvalue weighted by Gasteiger charge is -2.21. The van der Waals surface area contributed by atoms with Gasteiger partial charge in [-0.15, -0.1) is 0 Å². The molecule has 3 rings (SSSR count). The molecule has 3 N–H and O–H groups in total. The van der Waals surface area contributed by atoms with Crippen LogP contribution in [0.25, 0.3) is 0 Å². The Morgan fingerprint density at radius 3 is 2.05 bits per heavy atom. The van der Waals surface area contributed by atoms with E-state index >= 15 is 0 Å². The summed E-state index contributed by atoms with van der Waals surface area (Å²) >= 11 is 0. The maximum atomic E-state index is 12.0. The predicted octanol–water partition coefficient (Wildman–Crippen LogP) is 2.12. The number of nitrogens with zero attached hydrogens (tertiary/aromatic N) is 2. The molecule has 5 heteroatoms. The lowest BCUT2D eigenvalue weighted by molar-refractivity contribution is 0.0944. The van der Waals surface area contributed by atoms with Crippen LogP contribution in [0.4, 0.5) is 0 Å². The van der Waals surface area contributed by atoms with E-state index in [1.54, 1.807) is 6.33 Å². The molecule has 0 aliphatic heterocycles. The molecule has 110 valence electrons. The fourth-order valence-corrected chi connectivity index (χ4v) is 2.54. The van der Waals surface area contributed by atoms with Crippen molar-refractivity contribution >= 4 is 5.91 Å². The van der Waals surface area contributed by atoms with Crippen LogP contribution >= 0.6 is 0 Å². The summed E-state index contributed by atoms with van der Waals surface area (Å²) in [6.07, 6.45) is 3.16. The van der Waals surface area contributed by atoms with Crippen LogP contribution in [-0.2, 0) is 0 Å². The summed E-state index contributed by atoms with van der Waals surface area (Å²) in [7, 11) is 0. The summed E-state index contributed by atoms with van der Waals surface area (Å²) < 4.78 is 1.83. The second kappa shape index (κ2) is 6.24. The van der Waals surface area contributed by atoms with Gasteiger partial charge in [0.2, 0.25) is 0 Å². The maximum absolute atomic E-state index is 12.0. The van der Waals surface area contributed by atoms with Gasteiger partial charge in [-0.1, -0.05) is 60.7 Å². The molecule has 0 saturated carbocycles. The Labute approximate surface area is 128 Å². The van der Waals surface area contributed by atoms with Crippen molar-refractivity contribution in [1.82, 2.24) is 15.0 Å². The van der Waals surface area contributed by atoms with Crippen molar-refractivity contribution in [1.29, 1.82) is 0 Å². The highest BCUT2D eigenvalue weighted by molar-refractivity contribution is 5.92. The standard InChI is InChI=1S/C17H16N4O/c18-20-17(22)15-11-19-12-21(15)16(13-7-3-1-4-8-13)14-9-5-2-6-10-14/h1-12,16H,18H2,(H,20,22). The van der Waals surface area contributed by atoms with E-state index in [0.717, 1.165) is 11.1 Å². The van der Waals surface area contributed by atoms with Crippen LogP contribution in [0.15, 0.2) is 73.2 Å². The molecule has 0 radical (unpaired) electrons. The predicted molar refractivity (Wildman–Crippen MR) is 84.0 cm³/mol. The molecule has 2 aromatic carbocycles. The van der Waals surface area contributed by atoms with Crippen molar-refractivity contribution in [3.05, 3.63) is 90.0 Å². The van der Waals surface area contributed by atoms with E-state index in [0.29, 0.717) is 5.69 Å². The number of benzene rings is 2. The number of nitrogen functional groups attached to an aromatic ring is 1. The number of imidazole rings is 1. The molecular weight excluding hydrogens is 276 g/mol. The zero-order valence-corrected chi connectivity index (χ0v) is 11.9. The molecule has 0 fully saturated rings. The summed E-state index contributed by atoms with van der Waals surface area (Å²) in [6, 6.07) is 19.8. The summed E-state index contributed by atoms with van der Waals surface area (Å²) in [4.78, 5) is 16.1. The number of carbonyl (C=O) groups excluding carboxylic acids is 1. The topological polar surface area (TPSA) is 72.9 Å². The Kier molecular flexibility index (Phi) is 3.98. The van der Waals surface area contributed by atoms with Crippen molar-refractivity contribution in [2.75, 3.05) is 0 Å². The van der Waals surface area contributed by atoms with E-state index in [4.69, 9.17) is 5.84 Å². The molecule has 0 bridgehead atoms. The van der Waals surface area contributed by atoms with Crippen molar-refractivity contribution < 1.29 is 4.79 Å². The van der Waals surface area contributed by atoms with Crippen LogP contribution in [0.3, 0.4) is 0 Å². The van der Waals surface area contributed by atoms with Crippen molar-refractivity contribution in [2.45, 2.75) is 6.04 Å². The van der Waals surface area contributed by atoms with E-state index < -0.39 is 0 Å². The van der Waals surface area contributed by atoms with Crippen molar-refractivity contribution in [2.24, 2.45) is 5.84 Å². The number of hydrogen-bond acceptors (Lipinski definition) is 3. The Balaban J connectivity index is 2.15. The first kappa shape index (κ1) is 14.0. The highest BCUT2D eigenvalue weighted by Gasteiger charge is 2.21. The highest BCUT2D eigenvalue weighted by Crippen LogP contribution is 2.27. The van der Waals surface area contributed by atoms with Crippen LogP contribution < -0.4 is 11.3 Å². The van der Waals surface area contributed by atoms with Crippen LogP contribution in [0, 0.1) is 0 Å². The zero-order valence-electron chi connectivity index (χ0n) is 11.9. The molecule has 0 atom stereocenters. The molecule has 1 heterocycles. The largest absolute Gasteiger partial charge is 0.315 e. The van der Waals surface area contributed by atoms with Gasteiger partial charge in [0.15, 0.2) is 0 Å². The van der Waals surface area contributed by atoms with Gasteiger partial charge < -0.3 is 4.57 Å². The number of hydrogen-bond donors (Lipinski definition) is 2. The molecule has 1 aromatic heterocycles. The molecule has 0 aliphatic rings. The van der Waals surface area contributed by atoms with Gasteiger partial charge in [-0.25, -0.2) is 10.8 Å². The number of hydrazine groups is 1. The van der Waals surface area contributed by atoms with Gasteiger partial charge in [-0.3, -0.25) is 10.2 Å². The average molecular weight is 292 g/mol. The molecule has 0 unspecified atom stereocenters. The zero-order chi connectivity index (χ0) is 15.4. The normalized spacial score (nSPS) is 10.6. The fraction of sp³-hybridized carbons (Fsp3) is 0.0588. The number of aromatic nitrogens is 2. The summed E-state index contributed by atoms with van der Waals surface area (Å²) in [5, 5.41) is 0. The first-order chi connectivity index (χ1) is 10.8. The van der Waals surface area contributed by atoms with E-state index in [-0.39, 0.29) is 11.9 Å². The highest BCUT2D eigenvalue weighted by atomic mass is 16.2. The SMILES string of the molecule is NNC(=O)c1cncn1C(c1ccccc1)c1ccccc1. The average Bonchev–Trinajstić information content (AvgIpc) is 3.06. The first-order valence-electron chi connectivity index (χ1n) is 6.94. The van der Waals surface area contributed by atoms with Crippen LogP contribution in [0.5, 0.6) is 0 Å². The Bertz CT molecular complexity index is 713. The molecule has 0 aliphatic carbocycles. The fourth-order valence-electron chi connectivity index (χ4n) is 2.54. The maximum Gasteiger partial charge on any atom is 0.283 e. The monoisotopic (exact) mass is 292 g/mol. The van der Waals surface area contributed by atoms with E-state index in [9.17, 15) is 4.79 Å². The van der Waals surface area contributed by atoms with Crippen molar-refractivity contribution in [3.8, 4) is 0 Å². The van der Waals surface area contributed by atoms with Gasteiger partial charge in [0.05, 0.1) is 18.6 Å². The molecule has 0 spiro atoms. The third kappa shape index (κ3) is 2.62. The minimum Gasteiger partial charge on any atom is -0.315 e. The van der Waals surface area contributed by atoms with E-state index in [1.807, 2.05) is 65.2 Å². The molecule has 0 saturated heterocycles. The lowest BCUT2D eigenvalue weighted by Crippen LogP contribution is -2.32. The van der Waals surface area contributed by atoms with Gasteiger partial charge >= 0.3 is 0 Å². The van der Waals surface area contributed by atoms with E-state index in [2.05, 4.69) is 10.4 Å². The summed E-state index contributed by atoms with van der Waals surface area (Å²) in [5.41, 5.74) is 4.72. The number of nitrogens with one attached hydrogen (secondary N) is 1. The van der Waals surface area contributed by atoms with E-state index in [1.165, 1.54) is 6.20 Å². The lowest BCUT2D eigenvalue weighted by atomic mass is 9.98. The summed E-state index contributed by atoms with van der Waals surface area (Å²) in [5.74, 6) is 4.90. The second-order valence-electron chi connectivity index (χ2n) is 4.88. The second-order valence-corrected chi connectivity index (χ2v) is 4.88. The van der Waals surface area contributed by atoms with Crippen LogP contribution in [0.1, 0.15) is 27.7 Å². The smallest absolute Gasteiger partial charge is 0.283 e. The molecule has 5 nitrogen and oxygen atoms in total. The molecule has 22 heavy (non-hydrogen) atoms. The van der Waals surface area contributed by atoms with Crippen molar-refractivity contribution in [3.63, 3.8) is 0 Å². The summed E-state index contributed by atoms with van der Waals surface area (Å²) in [6.45, 7) is 0. The Morgan fingerprint density at radius 2 is 1.55 bits per heavy atom. The van der Waals surface area contributed by atoms with Gasteiger partial charge in [0.25, 0.3) is 5.91 Å². The number of nitrogens with two attached hydrogens (primary N) is 1. The number of amides is 1. The molecule has 3 aromatic rings. The van der Waals surface area contributed by atoms with Gasteiger partial charge in [-0.05, 0) is 11.1 Å². The molecule has 1 amide bonds. The number of carbonyl (C=O) groups is 1. The minimum atomic E-state index is -0.366. The minimum absolute atomic E-state index is 0.141. The molecular formula is C17H16N4O. The Morgan fingerprint density at radius 1 is 1.00 bits per heavy atom. The van der Waals surface area contributed by atoms with Gasteiger partial charge in [-0.2, -0.15) is 0 Å². The van der Waals surface area contributed by atoms with Crippen LogP contribution in [-0.4, -0.2) is 15.5 Å². The van der Waals surface area contributed by atoms with Gasteiger partial charge in [0.1, 0.15) is 5.69 Å². The van der Waals surface area contributed by atoms with Gasteiger partial charge in [0, 0.05) is 0 Å². The van der Waals surface area contributed by atoms with Crippen LogP contribution in [0.2, 0.25) is 0 Å². The Hall–Kier alpha value is -2.92. The third-order valence-corrected chi connectivity index (χ3v) is 3.54. The first-order valence-corrected chi connectivity index (χ1v) is 6.94. The quantitative estimate of drug-likeness (QED) is 0.439. The third-order valence-electron chi connectivity index (χ3n) is 3.54. The number of rotatable bonds is 4.